The molecule has 0 saturated heterocycles. The molecule has 0 bridgehead atoms. The van der Waals surface area contributed by atoms with Crippen molar-refractivity contribution in [3.05, 3.63) is 59.2 Å². The zero-order chi connectivity index (χ0) is 14.5. The van der Waals surface area contributed by atoms with E-state index < -0.39 is 0 Å². The number of phenolic OH excluding ortho intramolecular Hbond substituents is 2. The molecule has 3 N–H and O–H groups in total. The van der Waals surface area contributed by atoms with E-state index in [9.17, 15) is 15.0 Å². The Labute approximate surface area is 116 Å². The molecule has 0 fully saturated rings. The third kappa shape index (κ3) is 3.35. The van der Waals surface area contributed by atoms with Crippen LogP contribution in [0.2, 0.25) is 0 Å². The molecule has 1 amide bonds. The van der Waals surface area contributed by atoms with Gasteiger partial charge in [0.2, 0.25) is 0 Å². The Morgan fingerprint density at radius 1 is 1.20 bits per heavy atom. The average Bonchev–Trinajstić information content (AvgIpc) is 2.42. The molecule has 2 aromatic carbocycles. The molecule has 2 aromatic rings. The average molecular weight is 270 g/mol. The van der Waals surface area contributed by atoms with Crippen LogP contribution in [0, 0.1) is 6.92 Å². The lowest BCUT2D eigenvalue weighted by Crippen LogP contribution is -2.17. The summed E-state index contributed by atoms with van der Waals surface area (Å²) >= 11 is 0. The molecular formula is C15H14N2O3. The van der Waals surface area contributed by atoms with Crippen LogP contribution in [-0.4, -0.2) is 22.3 Å². The highest BCUT2D eigenvalue weighted by Gasteiger charge is 2.04. The van der Waals surface area contributed by atoms with Gasteiger partial charge in [0.05, 0.1) is 6.21 Å². The Hall–Kier alpha value is -2.82. The van der Waals surface area contributed by atoms with Crippen molar-refractivity contribution in [1.29, 1.82) is 0 Å². The number of nitrogens with zero attached hydrogens (tertiary/aromatic N) is 1. The zero-order valence-electron chi connectivity index (χ0n) is 10.9. The quantitative estimate of drug-likeness (QED) is 0.454. The molecule has 5 heteroatoms. The molecule has 0 unspecified atom stereocenters. The molecule has 0 spiro atoms. The number of hydrogen-bond acceptors (Lipinski definition) is 4. The zero-order valence-corrected chi connectivity index (χ0v) is 10.9. The number of rotatable bonds is 3. The molecule has 2 rings (SSSR count). The first kappa shape index (κ1) is 13.6. The summed E-state index contributed by atoms with van der Waals surface area (Å²) in [6, 6.07) is 11.2. The summed E-state index contributed by atoms with van der Waals surface area (Å²) in [6.45, 7) is 1.89. The van der Waals surface area contributed by atoms with Gasteiger partial charge in [0.1, 0.15) is 11.5 Å². The first-order valence-electron chi connectivity index (χ1n) is 5.98. The molecule has 0 aliphatic carbocycles. The fraction of sp³-hybridized carbons (Fsp3) is 0.0667. The van der Waals surface area contributed by atoms with Gasteiger partial charge in [0.25, 0.3) is 5.91 Å². The minimum absolute atomic E-state index is 0.00857. The largest absolute Gasteiger partial charge is 0.508 e. The highest BCUT2D eigenvalue weighted by Crippen LogP contribution is 2.19. The van der Waals surface area contributed by atoms with Crippen LogP contribution in [0.5, 0.6) is 11.5 Å². The number of carbonyl (C=O) groups excluding carboxylic acids is 1. The van der Waals surface area contributed by atoms with Gasteiger partial charge in [-0.2, -0.15) is 5.10 Å². The van der Waals surface area contributed by atoms with Crippen LogP contribution in [0.15, 0.2) is 47.6 Å². The van der Waals surface area contributed by atoms with Gasteiger partial charge in [0, 0.05) is 11.1 Å². The summed E-state index contributed by atoms with van der Waals surface area (Å²) in [4.78, 5) is 11.8. The van der Waals surface area contributed by atoms with E-state index in [-0.39, 0.29) is 17.4 Å². The number of phenols is 2. The van der Waals surface area contributed by atoms with E-state index in [1.165, 1.54) is 24.4 Å². The fourth-order valence-electron chi connectivity index (χ4n) is 1.66. The van der Waals surface area contributed by atoms with Crippen molar-refractivity contribution in [2.45, 2.75) is 6.92 Å². The maximum absolute atomic E-state index is 11.8. The molecule has 0 atom stereocenters. The van der Waals surface area contributed by atoms with E-state index in [1.807, 2.05) is 13.0 Å². The van der Waals surface area contributed by atoms with Gasteiger partial charge in [0.15, 0.2) is 0 Å². The third-order valence-electron chi connectivity index (χ3n) is 2.66. The van der Waals surface area contributed by atoms with E-state index >= 15 is 0 Å². The predicted molar refractivity (Wildman–Crippen MR) is 76.0 cm³/mol. The standard InChI is InChI=1S/C15H14N2O3/c1-10-3-2-4-11(7-10)15(20)17-16-9-12-8-13(18)5-6-14(12)19/h2-9,18-19H,1H3,(H,17,20)/b16-9+. The maximum atomic E-state index is 11.8. The summed E-state index contributed by atoms with van der Waals surface area (Å²) in [5.74, 6) is -0.366. The number of aryl methyl sites for hydroxylation is 1. The monoisotopic (exact) mass is 270 g/mol. The molecule has 102 valence electrons. The second kappa shape index (κ2) is 5.88. The van der Waals surface area contributed by atoms with Crippen LogP contribution < -0.4 is 5.43 Å². The molecule has 0 heterocycles. The van der Waals surface area contributed by atoms with Gasteiger partial charge in [-0.05, 0) is 37.3 Å². The van der Waals surface area contributed by atoms with Crippen molar-refractivity contribution in [3.8, 4) is 11.5 Å². The van der Waals surface area contributed by atoms with Gasteiger partial charge < -0.3 is 10.2 Å². The van der Waals surface area contributed by atoms with Crippen molar-refractivity contribution < 1.29 is 15.0 Å². The van der Waals surface area contributed by atoms with Crippen LogP contribution in [0.25, 0.3) is 0 Å². The van der Waals surface area contributed by atoms with Crippen molar-refractivity contribution in [3.63, 3.8) is 0 Å². The summed E-state index contributed by atoms with van der Waals surface area (Å²) in [5.41, 5.74) is 4.15. The molecular weight excluding hydrogens is 256 g/mol. The summed E-state index contributed by atoms with van der Waals surface area (Å²) in [6.07, 6.45) is 1.27. The molecule has 0 radical (unpaired) electrons. The third-order valence-corrected chi connectivity index (χ3v) is 2.66. The Bertz CT molecular complexity index is 666. The normalized spacial score (nSPS) is 10.7. The lowest BCUT2D eigenvalue weighted by Gasteiger charge is -2.02. The fourth-order valence-corrected chi connectivity index (χ4v) is 1.66. The molecule has 5 nitrogen and oxygen atoms in total. The lowest BCUT2D eigenvalue weighted by molar-refractivity contribution is 0.0955. The van der Waals surface area contributed by atoms with Crippen molar-refractivity contribution >= 4 is 12.1 Å². The smallest absolute Gasteiger partial charge is 0.271 e. The van der Waals surface area contributed by atoms with Gasteiger partial charge in [-0.15, -0.1) is 0 Å². The molecule has 0 aromatic heterocycles. The van der Waals surface area contributed by atoms with Crippen molar-refractivity contribution in [2.75, 3.05) is 0 Å². The summed E-state index contributed by atoms with van der Waals surface area (Å²) < 4.78 is 0. The molecule has 0 saturated carbocycles. The van der Waals surface area contributed by atoms with Gasteiger partial charge >= 0.3 is 0 Å². The second-order valence-electron chi connectivity index (χ2n) is 4.31. The maximum Gasteiger partial charge on any atom is 0.271 e. The minimum atomic E-state index is -0.343. The van der Waals surface area contributed by atoms with Gasteiger partial charge in [-0.1, -0.05) is 17.7 Å². The Morgan fingerprint density at radius 2 is 2.00 bits per heavy atom. The van der Waals surface area contributed by atoms with E-state index in [0.29, 0.717) is 11.1 Å². The van der Waals surface area contributed by atoms with Gasteiger partial charge in [-0.25, -0.2) is 5.43 Å². The first-order chi connectivity index (χ1) is 9.56. The van der Waals surface area contributed by atoms with Crippen LogP contribution in [0.4, 0.5) is 0 Å². The second-order valence-corrected chi connectivity index (χ2v) is 4.31. The predicted octanol–water partition coefficient (Wildman–Crippen LogP) is 2.17. The Balaban J connectivity index is 2.06. The lowest BCUT2D eigenvalue weighted by atomic mass is 10.1. The molecule has 20 heavy (non-hydrogen) atoms. The number of aromatic hydroxyl groups is 2. The van der Waals surface area contributed by atoms with E-state index in [0.717, 1.165) is 5.56 Å². The Kier molecular flexibility index (Phi) is 4.00. The number of benzene rings is 2. The number of hydrogen-bond donors (Lipinski definition) is 3. The van der Waals surface area contributed by atoms with Gasteiger partial charge in [-0.3, -0.25) is 4.79 Å². The van der Waals surface area contributed by atoms with E-state index in [1.54, 1.807) is 18.2 Å². The SMILES string of the molecule is Cc1cccc(C(=O)N/N=C/c2cc(O)ccc2O)c1. The topological polar surface area (TPSA) is 81.9 Å². The van der Waals surface area contributed by atoms with E-state index in [4.69, 9.17) is 0 Å². The van der Waals surface area contributed by atoms with Crippen LogP contribution in [-0.2, 0) is 0 Å². The van der Waals surface area contributed by atoms with E-state index in [2.05, 4.69) is 10.5 Å². The number of hydrazone groups is 1. The number of nitrogens with one attached hydrogen (secondary N) is 1. The van der Waals surface area contributed by atoms with Crippen molar-refractivity contribution in [1.82, 2.24) is 5.43 Å². The van der Waals surface area contributed by atoms with Crippen LogP contribution >= 0.6 is 0 Å². The van der Waals surface area contributed by atoms with Crippen molar-refractivity contribution in [2.24, 2.45) is 5.10 Å². The highest BCUT2D eigenvalue weighted by atomic mass is 16.3. The molecule has 0 aliphatic heterocycles. The Morgan fingerprint density at radius 3 is 2.75 bits per heavy atom. The summed E-state index contributed by atoms with van der Waals surface area (Å²) in [7, 11) is 0. The van der Waals surface area contributed by atoms with Crippen LogP contribution in [0.1, 0.15) is 21.5 Å². The first-order valence-corrected chi connectivity index (χ1v) is 5.98. The number of carbonyl (C=O) groups is 1. The highest BCUT2D eigenvalue weighted by molar-refractivity contribution is 5.95. The molecule has 0 aliphatic rings. The number of amides is 1. The summed E-state index contributed by atoms with van der Waals surface area (Å²) in [5, 5.41) is 22.6. The van der Waals surface area contributed by atoms with Crippen LogP contribution in [0.3, 0.4) is 0 Å². The minimum Gasteiger partial charge on any atom is -0.508 e.